The number of aryl methyl sites for hydroxylation is 1. The van der Waals surface area contributed by atoms with Gasteiger partial charge in [-0.1, -0.05) is 22.8 Å². The van der Waals surface area contributed by atoms with E-state index in [1.807, 2.05) is 47.4 Å². The fourth-order valence-corrected chi connectivity index (χ4v) is 4.87. The topological polar surface area (TPSA) is 68.0 Å². The molecule has 1 amide bonds. The number of hydrogen-bond acceptors (Lipinski definition) is 6. The van der Waals surface area contributed by atoms with Gasteiger partial charge in [-0.15, -0.1) is 0 Å². The Kier molecular flexibility index (Phi) is 5.90. The summed E-state index contributed by atoms with van der Waals surface area (Å²) in [5.74, 6) is 2.01. The maximum absolute atomic E-state index is 13.5. The van der Waals surface area contributed by atoms with Crippen molar-refractivity contribution in [2.24, 2.45) is 0 Å². The minimum absolute atomic E-state index is 0.141. The van der Waals surface area contributed by atoms with Gasteiger partial charge in [0.2, 0.25) is 5.91 Å². The summed E-state index contributed by atoms with van der Waals surface area (Å²) >= 11 is 6.21. The first-order valence-electron chi connectivity index (χ1n) is 11.5. The van der Waals surface area contributed by atoms with E-state index in [2.05, 4.69) is 17.0 Å². The molecule has 0 atom stereocenters. The van der Waals surface area contributed by atoms with E-state index in [9.17, 15) is 4.79 Å². The highest BCUT2D eigenvalue weighted by Gasteiger charge is 2.55. The van der Waals surface area contributed by atoms with Crippen LogP contribution in [0.15, 0.2) is 47.0 Å². The molecule has 0 N–H and O–H groups in total. The zero-order chi connectivity index (χ0) is 23.9. The van der Waals surface area contributed by atoms with E-state index < -0.39 is 5.41 Å². The number of amides is 1. The molecule has 8 heteroatoms. The van der Waals surface area contributed by atoms with E-state index >= 15 is 0 Å². The van der Waals surface area contributed by atoms with Crippen molar-refractivity contribution < 1.29 is 18.8 Å². The number of methoxy groups -OCH3 is 2. The van der Waals surface area contributed by atoms with Crippen LogP contribution in [0.1, 0.15) is 24.1 Å². The molecule has 2 aromatic carbocycles. The fraction of sp³-hybridized carbons (Fsp3) is 0.385. The Bertz CT molecular complexity index is 1210. The third kappa shape index (κ3) is 3.98. The number of aromatic nitrogens is 1. The lowest BCUT2D eigenvalue weighted by Gasteiger charge is -2.38. The molecule has 34 heavy (non-hydrogen) atoms. The molecular formula is C26H28ClN3O4. The SMILES string of the molecule is COc1ccc(-c2cc(C3(C(=O)N4CCN(c5cc(Cl)ccc5C)CC4)CC3)no2)cc1OC. The van der Waals surface area contributed by atoms with Gasteiger partial charge in [-0.2, -0.15) is 0 Å². The van der Waals surface area contributed by atoms with Crippen molar-refractivity contribution in [3.05, 3.63) is 58.7 Å². The Hall–Kier alpha value is -3.19. The highest BCUT2D eigenvalue weighted by atomic mass is 35.5. The summed E-state index contributed by atoms with van der Waals surface area (Å²) in [5, 5.41) is 5.03. The third-order valence-electron chi connectivity index (χ3n) is 6.91. The number of anilines is 1. The van der Waals surface area contributed by atoms with Gasteiger partial charge in [0.25, 0.3) is 0 Å². The lowest BCUT2D eigenvalue weighted by molar-refractivity contribution is -0.134. The van der Waals surface area contributed by atoms with Gasteiger partial charge in [0.1, 0.15) is 0 Å². The van der Waals surface area contributed by atoms with Gasteiger partial charge in [-0.3, -0.25) is 4.79 Å². The van der Waals surface area contributed by atoms with Crippen molar-refractivity contribution in [3.63, 3.8) is 0 Å². The molecule has 1 aromatic heterocycles. The molecule has 2 aliphatic rings. The average molecular weight is 482 g/mol. The quantitative estimate of drug-likeness (QED) is 0.508. The van der Waals surface area contributed by atoms with E-state index in [-0.39, 0.29) is 5.91 Å². The van der Waals surface area contributed by atoms with Gasteiger partial charge in [0.15, 0.2) is 17.3 Å². The molecule has 2 heterocycles. The summed E-state index contributed by atoms with van der Waals surface area (Å²) in [7, 11) is 3.20. The van der Waals surface area contributed by atoms with E-state index in [0.29, 0.717) is 36.0 Å². The summed E-state index contributed by atoms with van der Waals surface area (Å²) in [6.45, 7) is 4.99. The van der Waals surface area contributed by atoms with Crippen LogP contribution in [0.4, 0.5) is 5.69 Å². The Balaban J connectivity index is 1.30. The van der Waals surface area contributed by atoms with E-state index in [0.717, 1.165) is 42.2 Å². The van der Waals surface area contributed by atoms with Crippen LogP contribution in [-0.2, 0) is 10.2 Å². The van der Waals surface area contributed by atoms with Crippen molar-refractivity contribution >= 4 is 23.2 Å². The summed E-state index contributed by atoms with van der Waals surface area (Å²) < 4.78 is 16.4. The van der Waals surface area contributed by atoms with Gasteiger partial charge in [-0.05, 0) is 55.7 Å². The number of nitrogens with zero attached hydrogens (tertiary/aromatic N) is 3. The molecule has 1 aliphatic carbocycles. The van der Waals surface area contributed by atoms with Crippen molar-refractivity contribution in [1.82, 2.24) is 10.1 Å². The monoisotopic (exact) mass is 481 g/mol. The van der Waals surface area contributed by atoms with E-state index in [1.54, 1.807) is 14.2 Å². The zero-order valence-corrected chi connectivity index (χ0v) is 20.4. The second kappa shape index (κ2) is 8.87. The second-order valence-corrected chi connectivity index (χ2v) is 9.37. The van der Waals surface area contributed by atoms with Crippen LogP contribution in [0, 0.1) is 6.92 Å². The smallest absolute Gasteiger partial charge is 0.235 e. The van der Waals surface area contributed by atoms with E-state index in [4.69, 9.17) is 25.6 Å². The van der Waals surface area contributed by atoms with Crippen LogP contribution in [0.2, 0.25) is 5.02 Å². The molecule has 5 rings (SSSR count). The third-order valence-corrected chi connectivity index (χ3v) is 7.14. The Labute approximate surface area is 204 Å². The lowest BCUT2D eigenvalue weighted by atomic mass is 9.98. The van der Waals surface area contributed by atoms with E-state index in [1.165, 1.54) is 5.56 Å². The number of halogens is 1. The molecule has 178 valence electrons. The normalized spacial score (nSPS) is 16.9. The molecule has 1 saturated heterocycles. The average Bonchev–Trinajstić information content (AvgIpc) is 3.53. The fourth-order valence-electron chi connectivity index (χ4n) is 4.71. The molecular weight excluding hydrogens is 454 g/mol. The number of piperazine rings is 1. The van der Waals surface area contributed by atoms with Gasteiger partial charge in [0.05, 0.1) is 25.3 Å². The second-order valence-electron chi connectivity index (χ2n) is 8.94. The van der Waals surface area contributed by atoms with Crippen molar-refractivity contribution in [3.8, 4) is 22.8 Å². The summed E-state index contributed by atoms with van der Waals surface area (Å²) in [5.41, 5.74) is 3.28. The highest BCUT2D eigenvalue weighted by molar-refractivity contribution is 6.30. The van der Waals surface area contributed by atoms with Crippen LogP contribution in [0.25, 0.3) is 11.3 Å². The Morgan fingerprint density at radius 1 is 1.00 bits per heavy atom. The van der Waals surface area contributed by atoms with Gasteiger partial charge >= 0.3 is 0 Å². The van der Waals surface area contributed by atoms with Crippen LogP contribution in [0.3, 0.4) is 0 Å². The van der Waals surface area contributed by atoms with Crippen LogP contribution >= 0.6 is 11.6 Å². The summed E-state index contributed by atoms with van der Waals surface area (Å²) in [6.07, 6.45) is 1.58. The molecule has 0 unspecified atom stereocenters. The van der Waals surface area contributed by atoms with Crippen molar-refractivity contribution in [2.75, 3.05) is 45.3 Å². The van der Waals surface area contributed by atoms with Gasteiger partial charge in [0, 0.05) is 48.5 Å². The molecule has 1 saturated carbocycles. The van der Waals surface area contributed by atoms with Gasteiger partial charge in [-0.25, -0.2) is 0 Å². The number of benzene rings is 2. The first-order chi connectivity index (χ1) is 16.4. The first kappa shape index (κ1) is 22.6. The minimum Gasteiger partial charge on any atom is -0.493 e. The molecule has 7 nitrogen and oxygen atoms in total. The summed E-state index contributed by atoms with van der Waals surface area (Å²) in [4.78, 5) is 17.8. The maximum Gasteiger partial charge on any atom is 0.235 e. The first-order valence-corrected chi connectivity index (χ1v) is 11.8. The highest BCUT2D eigenvalue weighted by Crippen LogP contribution is 2.50. The predicted octanol–water partition coefficient (Wildman–Crippen LogP) is 4.70. The molecule has 0 spiro atoms. The maximum atomic E-state index is 13.5. The number of rotatable bonds is 6. The zero-order valence-electron chi connectivity index (χ0n) is 19.6. The minimum atomic E-state index is -0.577. The van der Waals surface area contributed by atoms with Crippen molar-refractivity contribution in [2.45, 2.75) is 25.2 Å². The largest absolute Gasteiger partial charge is 0.493 e. The van der Waals surface area contributed by atoms with Crippen molar-refractivity contribution in [1.29, 1.82) is 0 Å². The molecule has 3 aromatic rings. The predicted molar refractivity (Wildman–Crippen MR) is 131 cm³/mol. The van der Waals surface area contributed by atoms with Gasteiger partial charge < -0.3 is 23.8 Å². The molecule has 0 radical (unpaired) electrons. The van der Waals surface area contributed by atoms with Crippen LogP contribution < -0.4 is 14.4 Å². The van der Waals surface area contributed by atoms with Crippen LogP contribution in [-0.4, -0.2) is 56.4 Å². The molecule has 0 bridgehead atoms. The number of carbonyl (C=O) groups is 1. The van der Waals surface area contributed by atoms with Crippen LogP contribution in [0.5, 0.6) is 11.5 Å². The standard InChI is InChI=1S/C26H28ClN3O4/c1-17-4-6-19(27)15-20(17)29-10-12-30(13-11-29)25(31)26(8-9-26)24-16-22(34-28-24)18-5-7-21(32-2)23(14-18)33-3/h4-7,14-16H,8-13H2,1-3H3. The number of carbonyl (C=O) groups excluding carboxylic acids is 1. The summed E-state index contributed by atoms with van der Waals surface area (Å²) in [6, 6.07) is 13.4. The molecule has 2 fully saturated rings. The Morgan fingerprint density at radius 2 is 1.74 bits per heavy atom. The molecule has 1 aliphatic heterocycles. The Morgan fingerprint density at radius 3 is 2.41 bits per heavy atom. The number of hydrogen-bond donors (Lipinski definition) is 0. The number of ether oxygens (including phenoxy) is 2. The lowest BCUT2D eigenvalue weighted by Crippen LogP contribution is -2.51.